The monoisotopic (exact) mass is 283 g/mol. The highest BCUT2D eigenvalue weighted by molar-refractivity contribution is 6.17. The molecule has 0 aliphatic carbocycles. The van der Waals surface area contributed by atoms with Crippen LogP contribution in [0.1, 0.15) is 6.42 Å². The molecular weight excluding hydrogens is 258 g/mol. The van der Waals surface area contributed by atoms with E-state index in [1.54, 1.807) is 14.2 Å². The first kappa shape index (κ1) is 18.1. The number of halogens is 1. The van der Waals surface area contributed by atoms with E-state index < -0.39 is 0 Å². The lowest BCUT2D eigenvalue weighted by molar-refractivity contribution is 0.0247. The van der Waals surface area contributed by atoms with Crippen LogP contribution in [0.25, 0.3) is 0 Å². The molecule has 0 saturated heterocycles. The van der Waals surface area contributed by atoms with E-state index in [1.807, 2.05) is 0 Å². The predicted octanol–water partition coefficient (Wildman–Crippen LogP) is 0.900. The van der Waals surface area contributed by atoms with Gasteiger partial charge in [-0.15, -0.1) is 11.6 Å². The molecule has 110 valence electrons. The molecular formula is C12H26ClNO4. The fourth-order valence-corrected chi connectivity index (χ4v) is 1.64. The molecule has 0 saturated carbocycles. The van der Waals surface area contributed by atoms with Crippen molar-refractivity contribution in [1.82, 2.24) is 5.32 Å². The van der Waals surface area contributed by atoms with E-state index in [2.05, 4.69) is 5.32 Å². The average Bonchev–Trinajstić information content (AvgIpc) is 2.37. The van der Waals surface area contributed by atoms with Gasteiger partial charge in [-0.3, -0.25) is 0 Å². The molecule has 0 spiro atoms. The molecule has 0 fully saturated rings. The third kappa shape index (κ3) is 12.5. The molecule has 0 amide bonds. The van der Waals surface area contributed by atoms with E-state index in [0.29, 0.717) is 51.6 Å². The van der Waals surface area contributed by atoms with Crippen molar-refractivity contribution in [2.45, 2.75) is 12.5 Å². The van der Waals surface area contributed by atoms with Crippen LogP contribution < -0.4 is 5.32 Å². The van der Waals surface area contributed by atoms with Gasteiger partial charge in [-0.2, -0.15) is 0 Å². The second-order valence-electron chi connectivity index (χ2n) is 3.80. The van der Waals surface area contributed by atoms with Crippen molar-refractivity contribution in [3.05, 3.63) is 0 Å². The Morgan fingerprint density at radius 3 is 2.22 bits per heavy atom. The van der Waals surface area contributed by atoms with Crippen LogP contribution in [0.4, 0.5) is 0 Å². The summed E-state index contributed by atoms with van der Waals surface area (Å²) < 4.78 is 20.6. The van der Waals surface area contributed by atoms with Gasteiger partial charge < -0.3 is 24.3 Å². The molecule has 0 radical (unpaired) electrons. The van der Waals surface area contributed by atoms with Gasteiger partial charge in [-0.05, 0) is 6.42 Å². The molecule has 0 heterocycles. The van der Waals surface area contributed by atoms with Crippen LogP contribution in [0.5, 0.6) is 0 Å². The average molecular weight is 284 g/mol. The maximum Gasteiger partial charge on any atom is 0.0701 e. The van der Waals surface area contributed by atoms with E-state index in [9.17, 15) is 0 Å². The highest BCUT2D eigenvalue weighted by Crippen LogP contribution is 1.94. The third-order valence-electron chi connectivity index (χ3n) is 2.31. The number of ether oxygens (including phenoxy) is 4. The first-order valence-electron chi connectivity index (χ1n) is 6.27. The standard InChI is InChI=1S/C12H26ClNO4/c1-15-7-8-18-10-9-17-6-5-14-12(3-4-13)11-16-2/h12,14H,3-11H2,1-2H3. The van der Waals surface area contributed by atoms with Crippen molar-refractivity contribution in [3.8, 4) is 0 Å². The summed E-state index contributed by atoms with van der Waals surface area (Å²) in [4.78, 5) is 0. The summed E-state index contributed by atoms with van der Waals surface area (Å²) in [5, 5.41) is 3.34. The Balaban J connectivity index is 3.21. The number of rotatable bonds is 14. The second-order valence-corrected chi connectivity index (χ2v) is 4.18. The van der Waals surface area contributed by atoms with Crippen molar-refractivity contribution in [3.63, 3.8) is 0 Å². The first-order chi connectivity index (χ1) is 8.85. The molecule has 18 heavy (non-hydrogen) atoms. The van der Waals surface area contributed by atoms with Crippen LogP contribution in [0, 0.1) is 0 Å². The van der Waals surface area contributed by atoms with Gasteiger partial charge in [-0.25, -0.2) is 0 Å². The molecule has 0 aromatic heterocycles. The van der Waals surface area contributed by atoms with Gasteiger partial charge in [0.15, 0.2) is 0 Å². The molecule has 0 aromatic rings. The quantitative estimate of drug-likeness (QED) is 0.379. The van der Waals surface area contributed by atoms with Gasteiger partial charge in [0.25, 0.3) is 0 Å². The van der Waals surface area contributed by atoms with Gasteiger partial charge in [0.2, 0.25) is 0 Å². The summed E-state index contributed by atoms with van der Waals surface area (Å²) in [7, 11) is 3.35. The summed E-state index contributed by atoms with van der Waals surface area (Å²) in [6, 6.07) is 0.300. The highest BCUT2D eigenvalue weighted by Gasteiger charge is 2.05. The van der Waals surface area contributed by atoms with Gasteiger partial charge in [0, 0.05) is 32.7 Å². The molecule has 0 aliphatic rings. The summed E-state index contributed by atoms with van der Waals surface area (Å²) in [6.07, 6.45) is 0.898. The van der Waals surface area contributed by atoms with E-state index in [1.165, 1.54) is 0 Å². The molecule has 0 aliphatic heterocycles. The minimum atomic E-state index is 0.300. The van der Waals surface area contributed by atoms with E-state index >= 15 is 0 Å². The lowest BCUT2D eigenvalue weighted by atomic mass is 10.2. The van der Waals surface area contributed by atoms with E-state index in [0.717, 1.165) is 13.0 Å². The Bertz CT molecular complexity index is 157. The Morgan fingerprint density at radius 2 is 1.61 bits per heavy atom. The van der Waals surface area contributed by atoms with Crippen LogP contribution in [0.3, 0.4) is 0 Å². The van der Waals surface area contributed by atoms with Crippen molar-refractivity contribution in [1.29, 1.82) is 0 Å². The number of hydrogen-bond donors (Lipinski definition) is 1. The highest BCUT2D eigenvalue weighted by atomic mass is 35.5. The molecule has 6 heteroatoms. The molecule has 1 atom stereocenters. The number of alkyl halides is 1. The minimum Gasteiger partial charge on any atom is -0.383 e. The maximum atomic E-state index is 5.70. The van der Waals surface area contributed by atoms with Crippen LogP contribution in [0.2, 0.25) is 0 Å². The molecule has 1 unspecified atom stereocenters. The van der Waals surface area contributed by atoms with Gasteiger partial charge >= 0.3 is 0 Å². The molecule has 0 aromatic carbocycles. The smallest absolute Gasteiger partial charge is 0.0701 e. The predicted molar refractivity (Wildman–Crippen MR) is 72.5 cm³/mol. The number of hydrogen-bond acceptors (Lipinski definition) is 5. The Hall–Kier alpha value is 0.0900. The SMILES string of the molecule is COCCOCCOCCNC(CCCl)COC. The lowest BCUT2D eigenvalue weighted by Crippen LogP contribution is -2.36. The normalized spacial score (nSPS) is 12.8. The fourth-order valence-electron chi connectivity index (χ4n) is 1.38. The largest absolute Gasteiger partial charge is 0.383 e. The van der Waals surface area contributed by atoms with E-state index in [4.69, 9.17) is 30.5 Å². The fraction of sp³-hybridized carbons (Fsp3) is 1.00. The second kappa shape index (κ2) is 15.1. The summed E-state index contributed by atoms with van der Waals surface area (Å²) in [6.45, 7) is 4.58. The Morgan fingerprint density at radius 1 is 0.944 bits per heavy atom. The van der Waals surface area contributed by atoms with E-state index in [-0.39, 0.29) is 0 Å². The van der Waals surface area contributed by atoms with Crippen molar-refractivity contribution < 1.29 is 18.9 Å². The zero-order valence-corrected chi connectivity index (χ0v) is 12.2. The van der Waals surface area contributed by atoms with Crippen LogP contribution in [-0.4, -0.2) is 72.3 Å². The zero-order chi connectivity index (χ0) is 13.5. The van der Waals surface area contributed by atoms with Crippen molar-refractivity contribution in [2.24, 2.45) is 0 Å². The number of methoxy groups -OCH3 is 2. The van der Waals surface area contributed by atoms with Gasteiger partial charge in [0.05, 0.1) is 39.6 Å². The van der Waals surface area contributed by atoms with Crippen LogP contribution in [-0.2, 0) is 18.9 Å². The van der Waals surface area contributed by atoms with Crippen LogP contribution in [0.15, 0.2) is 0 Å². The van der Waals surface area contributed by atoms with Crippen molar-refractivity contribution >= 4 is 11.6 Å². The van der Waals surface area contributed by atoms with Gasteiger partial charge in [0.1, 0.15) is 0 Å². The van der Waals surface area contributed by atoms with Gasteiger partial charge in [-0.1, -0.05) is 0 Å². The summed E-state index contributed by atoms with van der Waals surface area (Å²) >= 11 is 5.70. The summed E-state index contributed by atoms with van der Waals surface area (Å²) in [5.41, 5.74) is 0. The zero-order valence-electron chi connectivity index (χ0n) is 11.5. The number of nitrogens with one attached hydrogen (secondary N) is 1. The molecule has 1 N–H and O–H groups in total. The topological polar surface area (TPSA) is 49.0 Å². The Labute approximate surface area is 115 Å². The summed E-state index contributed by atoms with van der Waals surface area (Å²) in [5.74, 6) is 0.634. The lowest BCUT2D eigenvalue weighted by Gasteiger charge is -2.16. The first-order valence-corrected chi connectivity index (χ1v) is 6.81. The molecule has 0 bridgehead atoms. The molecule has 5 nitrogen and oxygen atoms in total. The maximum absolute atomic E-state index is 5.70. The minimum absolute atomic E-state index is 0.300. The van der Waals surface area contributed by atoms with Crippen LogP contribution >= 0.6 is 11.6 Å². The third-order valence-corrected chi connectivity index (χ3v) is 2.53. The van der Waals surface area contributed by atoms with Crippen molar-refractivity contribution in [2.75, 3.05) is 66.3 Å². The Kier molecular flexibility index (Phi) is 15.2. The molecule has 0 rings (SSSR count).